The Balaban J connectivity index is 1.95. The summed E-state index contributed by atoms with van der Waals surface area (Å²) in [6.45, 7) is 1.64. The van der Waals surface area contributed by atoms with Crippen molar-refractivity contribution >= 4 is 35.0 Å². The lowest BCUT2D eigenvalue weighted by atomic mass is 9.95. The van der Waals surface area contributed by atoms with Crippen LogP contribution in [-0.4, -0.2) is 35.6 Å². The highest BCUT2D eigenvalue weighted by Crippen LogP contribution is 2.30. The summed E-state index contributed by atoms with van der Waals surface area (Å²) >= 11 is 1.06. The first-order valence-electron chi connectivity index (χ1n) is 10.3. The van der Waals surface area contributed by atoms with E-state index in [1.165, 1.54) is 43.1 Å². The lowest BCUT2D eigenvalue weighted by molar-refractivity contribution is -0.385. The molecule has 2 aromatic carbocycles. The molecule has 1 aromatic heterocycles. The second-order valence-corrected chi connectivity index (χ2v) is 8.51. The summed E-state index contributed by atoms with van der Waals surface area (Å²) in [5, 5.41) is 11.4. The van der Waals surface area contributed by atoms with E-state index in [2.05, 4.69) is 4.99 Å². The molecular formula is C24H19N3O7S. The maximum Gasteiger partial charge on any atom is 0.338 e. The number of hydrogen-bond acceptors (Lipinski definition) is 9. The van der Waals surface area contributed by atoms with Crippen LogP contribution in [0.2, 0.25) is 0 Å². The highest BCUT2D eigenvalue weighted by molar-refractivity contribution is 7.07. The summed E-state index contributed by atoms with van der Waals surface area (Å²) in [6, 6.07) is 11.5. The number of nitrogens with zero attached hydrogens (tertiary/aromatic N) is 3. The molecule has 1 aliphatic heterocycles. The molecule has 11 heteroatoms. The van der Waals surface area contributed by atoms with Gasteiger partial charge in [0.1, 0.15) is 0 Å². The summed E-state index contributed by atoms with van der Waals surface area (Å²) in [4.78, 5) is 53.8. The van der Waals surface area contributed by atoms with Gasteiger partial charge in [0, 0.05) is 6.07 Å². The summed E-state index contributed by atoms with van der Waals surface area (Å²) < 4.78 is 11.3. The number of para-hydroxylation sites is 1. The number of allylic oxidation sites excluding steroid dienone is 1. The van der Waals surface area contributed by atoms with Gasteiger partial charge in [-0.25, -0.2) is 14.6 Å². The van der Waals surface area contributed by atoms with Crippen molar-refractivity contribution in [1.82, 2.24) is 4.57 Å². The first-order chi connectivity index (χ1) is 16.8. The highest BCUT2D eigenvalue weighted by atomic mass is 32.1. The normalized spacial score (nSPS) is 15.3. The molecule has 10 nitrogen and oxygen atoms in total. The third-order valence-electron chi connectivity index (χ3n) is 5.49. The number of aromatic nitrogens is 1. The molecule has 0 saturated heterocycles. The Labute approximate surface area is 202 Å². The number of thiazole rings is 1. The first kappa shape index (κ1) is 23.8. The Morgan fingerprint density at radius 1 is 1.09 bits per heavy atom. The van der Waals surface area contributed by atoms with Crippen molar-refractivity contribution in [3.8, 4) is 0 Å². The molecule has 0 spiro atoms. The van der Waals surface area contributed by atoms with Crippen LogP contribution in [0.3, 0.4) is 0 Å². The fourth-order valence-corrected chi connectivity index (χ4v) is 4.88. The molecule has 0 amide bonds. The molecule has 3 aromatic rings. The van der Waals surface area contributed by atoms with Crippen molar-refractivity contribution in [1.29, 1.82) is 0 Å². The van der Waals surface area contributed by atoms with E-state index in [1.54, 1.807) is 37.3 Å². The van der Waals surface area contributed by atoms with Gasteiger partial charge in [-0.1, -0.05) is 35.6 Å². The Bertz CT molecular complexity index is 1570. The number of carbonyl (C=O) groups is 2. The molecule has 0 radical (unpaired) electrons. The standard InChI is InChI=1S/C24H19N3O7S/c1-13-19(23(30)34-3)20(14-8-10-15(11-9-14)22(29)33-2)26-21(28)18(35-24(26)25-13)12-16-6-4-5-7-17(16)27(31)32/h4-12,20H,1-3H3/b18-12-/t20-/m0/s1. The van der Waals surface area contributed by atoms with E-state index >= 15 is 0 Å². The summed E-state index contributed by atoms with van der Waals surface area (Å²) in [6.07, 6.45) is 1.44. The number of methoxy groups -OCH3 is 2. The van der Waals surface area contributed by atoms with Crippen LogP contribution >= 0.6 is 11.3 Å². The second kappa shape index (κ2) is 9.47. The predicted molar refractivity (Wildman–Crippen MR) is 127 cm³/mol. The van der Waals surface area contributed by atoms with Gasteiger partial charge in [-0.15, -0.1) is 0 Å². The van der Waals surface area contributed by atoms with E-state index in [0.717, 1.165) is 11.3 Å². The lowest BCUT2D eigenvalue weighted by Gasteiger charge is -2.24. The number of nitro benzene ring substituents is 1. The van der Waals surface area contributed by atoms with Gasteiger partial charge in [-0.2, -0.15) is 0 Å². The fraction of sp³-hybridized carbons (Fsp3) is 0.167. The minimum absolute atomic E-state index is 0.139. The second-order valence-electron chi connectivity index (χ2n) is 7.50. The fourth-order valence-electron chi connectivity index (χ4n) is 3.84. The minimum atomic E-state index is -0.877. The molecule has 0 unspecified atom stereocenters. The maximum absolute atomic E-state index is 13.5. The molecule has 35 heavy (non-hydrogen) atoms. The van der Waals surface area contributed by atoms with Gasteiger partial charge in [-0.05, 0) is 36.8 Å². The summed E-state index contributed by atoms with van der Waals surface area (Å²) in [5.41, 5.74) is 1.06. The number of nitro groups is 1. The van der Waals surface area contributed by atoms with Crippen molar-refractivity contribution < 1.29 is 24.0 Å². The molecule has 0 aliphatic carbocycles. The number of fused-ring (bicyclic) bond motifs is 1. The van der Waals surface area contributed by atoms with E-state index in [-0.39, 0.29) is 21.4 Å². The Kier molecular flexibility index (Phi) is 6.43. The highest BCUT2D eigenvalue weighted by Gasteiger charge is 2.33. The Morgan fingerprint density at radius 2 is 1.74 bits per heavy atom. The molecular weight excluding hydrogens is 474 g/mol. The average Bonchev–Trinajstić information content (AvgIpc) is 3.16. The number of hydrogen-bond donors (Lipinski definition) is 0. The maximum atomic E-state index is 13.5. The van der Waals surface area contributed by atoms with E-state index in [0.29, 0.717) is 21.6 Å². The van der Waals surface area contributed by atoms with Crippen molar-refractivity contribution in [3.63, 3.8) is 0 Å². The smallest absolute Gasteiger partial charge is 0.338 e. The number of benzene rings is 2. The van der Waals surface area contributed by atoms with Gasteiger partial charge >= 0.3 is 11.9 Å². The van der Waals surface area contributed by atoms with Gasteiger partial charge in [0.2, 0.25) is 0 Å². The van der Waals surface area contributed by atoms with Crippen molar-refractivity contribution in [3.05, 3.63) is 106 Å². The molecule has 4 rings (SSSR count). The van der Waals surface area contributed by atoms with Crippen molar-refractivity contribution in [2.45, 2.75) is 13.0 Å². The topological polar surface area (TPSA) is 130 Å². The summed E-state index contributed by atoms with van der Waals surface area (Å²) in [5.74, 6) is -1.17. The number of carbonyl (C=O) groups excluding carboxylic acids is 2. The van der Waals surface area contributed by atoms with Crippen LogP contribution in [0, 0.1) is 10.1 Å². The zero-order chi connectivity index (χ0) is 25.3. The molecule has 0 bridgehead atoms. The molecule has 2 heterocycles. The summed E-state index contributed by atoms with van der Waals surface area (Å²) in [7, 11) is 2.51. The molecule has 0 fully saturated rings. The minimum Gasteiger partial charge on any atom is -0.466 e. The van der Waals surface area contributed by atoms with Crippen LogP contribution in [0.1, 0.15) is 34.5 Å². The zero-order valence-corrected chi connectivity index (χ0v) is 19.7. The third-order valence-corrected chi connectivity index (χ3v) is 6.48. The Morgan fingerprint density at radius 3 is 2.37 bits per heavy atom. The largest absolute Gasteiger partial charge is 0.466 e. The average molecular weight is 493 g/mol. The van der Waals surface area contributed by atoms with Crippen LogP contribution in [-0.2, 0) is 14.3 Å². The molecule has 178 valence electrons. The SMILES string of the molecule is COC(=O)C1=C(C)N=c2s/c(=C\c3ccccc3[N+](=O)[O-])c(=O)n2[C@H]1c1ccc(C(=O)OC)cc1. The van der Waals surface area contributed by atoms with E-state index in [9.17, 15) is 24.5 Å². The van der Waals surface area contributed by atoms with Gasteiger partial charge in [0.15, 0.2) is 4.80 Å². The number of rotatable bonds is 5. The van der Waals surface area contributed by atoms with Crippen LogP contribution in [0.25, 0.3) is 6.08 Å². The van der Waals surface area contributed by atoms with Crippen LogP contribution < -0.4 is 14.9 Å². The van der Waals surface area contributed by atoms with E-state index in [4.69, 9.17) is 9.47 Å². The van der Waals surface area contributed by atoms with Crippen molar-refractivity contribution in [2.75, 3.05) is 14.2 Å². The number of esters is 2. The van der Waals surface area contributed by atoms with Gasteiger partial charge in [0.05, 0.1) is 52.1 Å². The molecule has 1 aliphatic rings. The number of ether oxygens (including phenoxy) is 2. The van der Waals surface area contributed by atoms with Crippen molar-refractivity contribution in [2.24, 2.45) is 4.99 Å². The van der Waals surface area contributed by atoms with E-state index in [1.807, 2.05) is 0 Å². The monoisotopic (exact) mass is 493 g/mol. The molecule has 0 saturated carbocycles. The van der Waals surface area contributed by atoms with Gasteiger partial charge in [0.25, 0.3) is 11.2 Å². The van der Waals surface area contributed by atoms with Crippen LogP contribution in [0.5, 0.6) is 0 Å². The molecule has 1 atom stereocenters. The quantitative estimate of drug-likeness (QED) is 0.302. The van der Waals surface area contributed by atoms with E-state index < -0.39 is 28.5 Å². The zero-order valence-electron chi connectivity index (χ0n) is 18.9. The first-order valence-corrected chi connectivity index (χ1v) is 11.1. The van der Waals surface area contributed by atoms with Crippen LogP contribution in [0.15, 0.2) is 69.6 Å². The lowest BCUT2D eigenvalue weighted by Crippen LogP contribution is -2.39. The Hall–Kier alpha value is -4.38. The van der Waals surface area contributed by atoms with Crippen LogP contribution in [0.4, 0.5) is 5.69 Å². The third kappa shape index (κ3) is 4.28. The van der Waals surface area contributed by atoms with Gasteiger partial charge in [-0.3, -0.25) is 19.5 Å². The molecule has 0 N–H and O–H groups in total. The van der Waals surface area contributed by atoms with Gasteiger partial charge < -0.3 is 9.47 Å². The predicted octanol–water partition coefficient (Wildman–Crippen LogP) is 2.10.